The fourth-order valence-corrected chi connectivity index (χ4v) is 4.01. The molecule has 130 valence electrons. The maximum absolute atomic E-state index is 12.6. The number of aryl methyl sites for hydroxylation is 1. The van der Waals surface area contributed by atoms with Crippen LogP contribution >= 0.6 is 22.9 Å². The average Bonchev–Trinajstić information content (AvgIpc) is 3.09. The van der Waals surface area contributed by atoms with Crippen LogP contribution in [0.3, 0.4) is 0 Å². The predicted octanol–water partition coefficient (Wildman–Crippen LogP) is 4.37. The van der Waals surface area contributed by atoms with Crippen molar-refractivity contribution in [3.63, 3.8) is 0 Å². The second-order valence-electron chi connectivity index (χ2n) is 6.02. The average molecular weight is 375 g/mol. The first-order chi connectivity index (χ1) is 11.9. The molecule has 2 aromatic heterocycles. The molecule has 0 aliphatic rings. The van der Waals surface area contributed by atoms with Crippen molar-refractivity contribution in [2.45, 2.75) is 33.4 Å². The van der Waals surface area contributed by atoms with Crippen molar-refractivity contribution >= 4 is 39.1 Å². The van der Waals surface area contributed by atoms with Crippen molar-refractivity contribution in [2.75, 3.05) is 0 Å². The van der Waals surface area contributed by atoms with E-state index >= 15 is 0 Å². The van der Waals surface area contributed by atoms with Gasteiger partial charge in [0.05, 0.1) is 10.2 Å². The molecule has 1 amide bonds. The molecule has 1 aromatic carbocycles. The molecule has 0 unspecified atom stereocenters. The lowest BCUT2D eigenvalue weighted by molar-refractivity contribution is 0.0992. The van der Waals surface area contributed by atoms with E-state index in [1.807, 2.05) is 48.2 Å². The lowest BCUT2D eigenvalue weighted by atomic mass is 10.3. The molecule has 3 rings (SSSR count). The number of hydrogen-bond acceptors (Lipinski definition) is 3. The Bertz CT molecular complexity index is 1030. The molecule has 0 spiro atoms. The zero-order valence-electron chi connectivity index (χ0n) is 14.4. The van der Waals surface area contributed by atoms with Gasteiger partial charge in [0.25, 0.3) is 5.91 Å². The molecule has 0 saturated carbocycles. The fourth-order valence-electron chi connectivity index (χ4n) is 2.70. The number of halogens is 1. The summed E-state index contributed by atoms with van der Waals surface area (Å²) in [4.78, 5) is 17.5. The number of hydrogen-bond donors (Lipinski definition) is 0. The van der Waals surface area contributed by atoms with Crippen molar-refractivity contribution in [1.82, 2.24) is 14.3 Å². The SMILES string of the molecule is C=CCn1c(=NC(=O)c2cc(C)n(C(C)C)n2)sc2cc(Cl)ccc21. The minimum atomic E-state index is -0.349. The lowest BCUT2D eigenvalue weighted by Gasteiger charge is -2.06. The van der Waals surface area contributed by atoms with Crippen LogP contribution in [0.25, 0.3) is 10.2 Å². The van der Waals surface area contributed by atoms with Crippen LogP contribution in [0, 0.1) is 6.92 Å². The van der Waals surface area contributed by atoms with Crippen molar-refractivity contribution in [1.29, 1.82) is 0 Å². The number of fused-ring (bicyclic) bond motifs is 1. The summed E-state index contributed by atoms with van der Waals surface area (Å²) in [6.07, 6.45) is 1.78. The molecule has 5 nitrogen and oxygen atoms in total. The van der Waals surface area contributed by atoms with Gasteiger partial charge in [-0.05, 0) is 45.0 Å². The molecule has 0 aliphatic heterocycles. The molecule has 3 aromatic rings. The third-order valence-electron chi connectivity index (χ3n) is 3.78. The van der Waals surface area contributed by atoms with Gasteiger partial charge in [-0.3, -0.25) is 9.48 Å². The second kappa shape index (κ2) is 6.98. The highest BCUT2D eigenvalue weighted by Crippen LogP contribution is 2.22. The minimum absolute atomic E-state index is 0.193. The Morgan fingerprint density at radius 2 is 2.20 bits per heavy atom. The summed E-state index contributed by atoms with van der Waals surface area (Å²) in [7, 11) is 0. The number of allylic oxidation sites excluding steroid dienone is 1. The number of nitrogens with zero attached hydrogens (tertiary/aromatic N) is 4. The van der Waals surface area contributed by atoms with Crippen LogP contribution in [0.5, 0.6) is 0 Å². The molecule has 0 bridgehead atoms. The van der Waals surface area contributed by atoms with Gasteiger partial charge in [-0.15, -0.1) is 6.58 Å². The number of carbonyl (C=O) groups is 1. The van der Waals surface area contributed by atoms with Gasteiger partial charge in [0.2, 0.25) is 0 Å². The Morgan fingerprint density at radius 1 is 1.44 bits per heavy atom. The van der Waals surface area contributed by atoms with Crippen LogP contribution in [-0.4, -0.2) is 20.3 Å². The molecule has 0 aliphatic carbocycles. The van der Waals surface area contributed by atoms with E-state index in [1.54, 1.807) is 12.1 Å². The van der Waals surface area contributed by atoms with Gasteiger partial charge in [-0.2, -0.15) is 10.1 Å². The molecule has 25 heavy (non-hydrogen) atoms. The molecule has 0 fully saturated rings. The minimum Gasteiger partial charge on any atom is -0.312 e. The van der Waals surface area contributed by atoms with Crippen molar-refractivity contribution in [3.05, 3.63) is 58.1 Å². The number of carbonyl (C=O) groups excluding carboxylic acids is 1. The largest absolute Gasteiger partial charge is 0.312 e. The second-order valence-corrected chi connectivity index (χ2v) is 7.47. The third kappa shape index (κ3) is 3.45. The van der Waals surface area contributed by atoms with Crippen LogP contribution in [0.2, 0.25) is 5.02 Å². The Labute approximate surface area is 154 Å². The number of amides is 1. The van der Waals surface area contributed by atoms with Crippen LogP contribution < -0.4 is 4.80 Å². The third-order valence-corrected chi connectivity index (χ3v) is 5.06. The molecular formula is C18H19ClN4OS. The quantitative estimate of drug-likeness (QED) is 0.637. The lowest BCUT2D eigenvalue weighted by Crippen LogP contribution is -2.16. The summed E-state index contributed by atoms with van der Waals surface area (Å²) in [6.45, 7) is 10.3. The molecule has 0 saturated heterocycles. The molecule has 0 atom stereocenters. The van der Waals surface area contributed by atoms with Gasteiger partial charge in [-0.1, -0.05) is 29.0 Å². The Hall–Kier alpha value is -2.18. The predicted molar refractivity (Wildman–Crippen MR) is 102 cm³/mol. The van der Waals surface area contributed by atoms with Gasteiger partial charge in [-0.25, -0.2) is 0 Å². The van der Waals surface area contributed by atoms with Crippen molar-refractivity contribution < 1.29 is 4.79 Å². The highest BCUT2D eigenvalue weighted by molar-refractivity contribution is 7.16. The summed E-state index contributed by atoms with van der Waals surface area (Å²) in [5.74, 6) is -0.349. The van der Waals surface area contributed by atoms with Gasteiger partial charge in [0.15, 0.2) is 10.5 Å². The summed E-state index contributed by atoms with van der Waals surface area (Å²) < 4.78 is 4.75. The fraction of sp³-hybridized carbons (Fsp3) is 0.278. The van der Waals surface area contributed by atoms with Crippen LogP contribution in [0.15, 0.2) is 41.9 Å². The zero-order valence-corrected chi connectivity index (χ0v) is 15.9. The van der Waals surface area contributed by atoms with Gasteiger partial charge >= 0.3 is 0 Å². The van der Waals surface area contributed by atoms with Crippen molar-refractivity contribution in [2.24, 2.45) is 4.99 Å². The highest BCUT2D eigenvalue weighted by Gasteiger charge is 2.14. The van der Waals surface area contributed by atoms with Gasteiger partial charge in [0.1, 0.15) is 0 Å². The number of aromatic nitrogens is 3. The van der Waals surface area contributed by atoms with Crippen molar-refractivity contribution in [3.8, 4) is 0 Å². The van der Waals surface area contributed by atoms with E-state index in [1.165, 1.54) is 11.3 Å². The van der Waals surface area contributed by atoms with E-state index in [2.05, 4.69) is 16.7 Å². The maximum Gasteiger partial charge on any atom is 0.300 e. The van der Waals surface area contributed by atoms with E-state index in [0.29, 0.717) is 22.1 Å². The first-order valence-corrected chi connectivity index (χ1v) is 9.15. The van der Waals surface area contributed by atoms with E-state index in [4.69, 9.17) is 11.6 Å². The topological polar surface area (TPSA) is 52.2 Å². The zero-order chi connectivity index (χ0) is 18.1. The standard InChI is InChI=1S/C18H19ClN4OS/c1-5-8-22-15-7-6-13(19)10-16(15)25-18(22)20-17(24)14-9-12(4)23(21-14)11(2)3/h5-7,9-11H,1,8H2,2-4H3. The van der Waals surface area contributed by atoms with E-state index < -0.39 is 0 Å². The van der Waals surface area contributed by atoms with Gasteiger partial charge in [0, 0.05) is 23.3 Å². The molecule has 0 N–H and O–H groups in total. The Kier molecular flexibility index (Phi) is 4.92. The van der Waals surface area contributed by atoms with E-state index in [9.17, 15) is 4.79 Å². The Morgan fingerprint density at radius 3 is 2.84 bits per heavy atom. The van der Waals surface area contributed by atoms with Crippen LogP contribution in [-0.2, 0) is 6.54 Å². The summed E-state index contributed by atoms with van der Waals surface area (Å²) in [5, 5.41) is 5.03. The Balaban J connectivity index is 2.11. The van der Waals surface area contributed by atoms with Crippen LogP contribution in [0.1, 0.15) is 36.1 Å². The highest BCUT2D eigenvalue weighted by atomic mass is 35.5. The molecule has 2 heterocycles. The first kappa shape index (κ1) is 17.6. The first-order valence-electron chi connectivity index (χ1n) is 7.95. The number of thiazole rings is 1. The summed E-state index contributed by atoms with van der Waals surface area (Å²) >= 11 is 7.50. The normalized spacial score (nSPS) is 12.3. The summed E-state index contributed by atoms with van der Waals surface area (Å²) in [5.41, 5.74) is 2.27. The molecule has 7 heteroatoms. The van der Waals surface area contributed by atoms with Gasteiger partial charge < -0.3 is 4.57 Å². The monoisotopic (exact) mass is 374 g/mol. The van der Waals surface area contributed by atoms with E-state index in [0.717, 1.165) is 15.9 Å². The maximum atomic E-state index is 12.6. The van der Waals surface area contributed by atoms with Crippen LogP contribution in [0.4, 0.5) is 0 Å². The molecule has 0 radical (unpaired) electrons. The number of rotatable bonds is 4. The smallest absolute Gasteiger partial charge is 0.300 e. The molecular weight excluding hydrogens is 356 g/mol. The summed E-state index contributed by atoms with van der Waals surface area (Å²) in [6, 6.07) is 7.60. The number of benzene rings is 1. The van der Waals surface area contributed by atoms with E-state index in [-0.39, 0.29) is 11.9 Å².